The molecule has 2 N–H and O–H groups in total. The van der Waals surface area contributed by atoms with Crippen LogP contribution in [-0.2, 0) is 0 Å². The Kier molecular flexibility index (Phi) is 4.41. The molecular formula is C27H36N2O3. The van der Waals surface area contributed by atoms with Gasteiger partial charge in [-0.1, -0.05) is 32.4 Å². The number of nitrogens with zero attached hydrogens (tertiary/aromatic N) is 1. The molecule has 1 heterocycles. The zero-order valence-corrected chi connectivity index (χ0v) is 19.5. The number of hydrogen-bond acceptors (Lipinski definition) is 4. The van der Waals surface area contributed by atoms with Gasteiger partial charge in [0.05, 0.1) is 11.0 Å². The van der Waals surface area contributed by atoms with E-state index in [1.54, 1.807) is 6.07 Å². The van der Waals surface area contributed by atoms with Gasteiger partial charge in [-0.2, -0.15) is 0 Å². The number of nitro groups is 1. The van der Waals surface area contributed by atoms with Crippen molar-refractivity contribution < 1.29 is 10.0 Å². The monoisotopic (exact) mass is 436 g/mol. The van der Waals surface area contributed by atoms with Crippen LogP contribution in [0.2, 0.25) is 0 Å². The highest BCUT2D eigenvalue weighted by Gasteiger charge is 2.62. The Hall–Kier alpha value is -1.88. The van der Waals surface area contributed by atoms with E-state index in [0.717, 1.165) is 48.8 Å². The van der Waals surface area contributed by atoms with Gasteiger partial charge in [0, 0.05) is 23.9 Å². The smallest absolute Gasteiger partial charge is 0.269 e. The summed E-state index contributed by atoms with van der Waals surface area (Å²) in [6.45, 7) is 7.33. The minimum atomic E-state index is -0.267. The van der Waals surface area contributed by atoms with Gasteiger partial charge >= 0.3 is 0 Å². The Morgan fingerprint density at radius 1 is 1.19 bits per heavy atom. The average Bonchev–Trinajstić information content (AvgIpc) is 3.06. The van der Waals surface area contributed by atoms with Crippen LogP contribution >= 0.6 is 0 Å². The minimum Gasteiger partial charge on any atom is -0.393 e. The summed E-state index contributed by atoms with van der Waals surface area (Å²) in [6.07, 6.45) is 10.2. The van der Waals surface area contributed by atoms with E-state index in [-0.39, 0.29) is 27.5 Å². The molecule has 172 valence electrons. The molecule has 0 unspecified atom stereocenters. The molecule has 1 aromatic carbocycles. The molecule has 0 spiro atoms. The SMILES string of the molecule is C[C@@H]1c2cc([N+](=O)[O-])ccc2N[C@@H]2C[C@H]3[C@@H]4CC=C5C[C@@H](O)CC[C@]5(C)[C@H]4CC[C@]3(C)[C@@H]12. The van der Waals surface area contributed by atoms with Gasteiger partial charge in [0.15, 0.2) is 0 Å². The lowest BCUT2D eigenvalue weighted by molar-refractivity contribution is -0.384. The maximum absolute atomic E-state index is 11.4. The Balaban J connectivity index is 1.35. The molecule has 9 atom stereocenters. The molecule has 3 fully saturated rings. The second-order valence-electron chi connectivity index (χ2n) is 12.0. The van der Waals surface area contributed by atoms with Gasteiger partial charge in [0.2, 0.25) is 0 Å². The summed E-state index contributed by atoms with van der Waals surface area (Å²) in [5.74, 6) is 2.99. The lowest BCUT2D eigenvalue weighted by Crippen LogP contribution is -2.51. The lowest BCUT2D eigenvalue weighted by Gasteiger charge is -2.58. The van der Waals surface area contributed by atoms with Crippen molar-refractivity contribution >= 4 is 11.4 Å². The van der Waals surface area contributed by atoms with Crippen LogP contribution in [0.15, 0.2) is 29.8 Å². The molecule has 4 aliphatic carbocycles. The number of aliphatic hydroxyl groups excluding tert-OH is 1. The lowest BCUT2D eigenvalue weighted by atomic mass is 9.47. The third-order valence-electron chi connectivity index (χ3n) is 10.8. The van der Waals surface area contributed by atoms with Gasteiger partial charge in [-0.15, -0.1) is 0 Å². The molecule has 1 aliphatic heterocycles. The van der Waals surface area contributed by atoms with Gasteiger partial charge in [-0.25, -0.2) is 0 Å². The summed E-state index contributed by atoms with van der Waals surface area (Å²) in [5.41, 5.74) is 4.50. The minimum absolute atomic E-state index is 0.151. The van der Waals surface area contributed by atoms with Gasteiger partial charge in [0.25, 0.3) is 5.69 Å². The van der Waals surface area contributed by atoms with Crippen LogP contribution in [0.5, 0.6) is 0 Å². The van der Waals surface area contributed by atoms with Crippen molar-refractivity contribution in [3.8, 4) is 0 Å². The normalized spacial score (nSPS) is 46.5. The highest BCUT2D eigenvalue weighted by Crippen LogP contribution is 2.69. The van der Waals surface area contributed by atoms with E-state index in [0.29, 0.717) is 23.8 Å². The molecule has 5 nitrogen and oxygen atoms in total. The van der Waals surface area contributed by atoms with E-state index in [9.17, 15) is 15.2 Å². The number of hydrogen-bond donors (Lipinski definition) is 2. The summed E-state index contributed by atoms with van der Waals surface area (Å²) in [6, 6.07) is 5.84. The average molecular weight is 437 g/mol. The molecular weight excluding hydrogens is 400 g/mol. The number of fused-ring (bicyclic) bond motifs is 8. The number of nitro benzene ring substituents is 1. The molecule has 0 aromatic heterocycles. The van der Waals surface area contributed by atoms with Crippen LogP contribution in [-0.4, -0.2) is 22.2 Å². The van der Waals surface area contributed by atoms with E-state index in [1.165, 1.54) is 24.8 Å². The van der Waals surface area contributed by atoms with Crippen LogP contribution in [0.4, 0.5) is 11.4 Å². The third kappa shape index (κ3) is 2.66. The number of benzene rings is 1. The molecule has 1 aromatic rings. The fraction of sp³-hybridized carbons (Fsp3) is 0.704. The fourth-order valence-electron chi connectivity index (χ4n) is 9.36. The summed E-state index contributed by atoms with van der Waals surface area (Å²) in [7, 11) is 0. The summed E-state index contributed by atoms with van der Waals surface area (Å²) >= 11 is 0. The number of non-ortho nitro benzene ring substituents is 1. The fourth-order valence-corrected chi connectivity index (χ4v) is 9.36. The second-order valence-corrected chi connectivity index (χ2v) is 12.0. The maximum Gasteiger partial charge on any atom is 0.269 e. The topological polar surface area (TPSA) is 75.4 Å². The van der Waals surface area contributed by atoms with Crippen LogP contribution < -0.4 is 5.32 Å². The highest BCUT2D eigenvalue weighted by molar-refractivity contribution is 5.61. The quantitative estimate of drug-likeness (QED) is 0.320. The maximum atomic E-state index is 11.4. The van der Waals surface area contributed by atoms with Crippen molar-refractivity contribution in [1.82, 2.24) is 0 Å². The van der Waals surface area contributed by atoms with E-state index in [1.807, 2.05) is 12.1 Å². The Bertz CT molecular complexity index is 1000. The second kappa shape index (κ2) is 6.82. The van der Waals surface area contributed by atoms with Crippen LogP contribution in [0.1, 0.15) is 77.2 Å². The van der Waals surface area contributed by atoms with Crippen molar-refractivity contribution in [3.63, 3.8) is 0 Å². The molecule has 0 bridgehead atoms. The molecule has 6 rings (SSSR count). The largest absolute Gasteiger partial charge is 0.393 e. The van der Waals surface area contributed by atoms with E-state index < -0.39 is 0 Å². The van der Waals surface area contributed by atoms with Crippen molar-refractivity contribution in [1.29, 1.82) is 0 Å². The van der Waals surface area contributed by atoms with Gasteiger partial charge in [-0.05, 0) is 97.0 Å². The summed E-state index contributed by atoms with van der Waals surface area (Å²) in [5, 5.41) is 25.5. The summed E-state index contributed by atoms with van der Waals surface area (Å²) < 4.78 is 0. The van der Waals surface area contributed by atoms with Gasteiger partial charge in [-0.3, -0.25) is 10.1 Å². The predicted octanol–water partition coefficient (Wildman–Crippen LogP) is 6.04. The van der Waals surface area contributed by atoms with Crippen LogP contribution in [0.3, 0.4) is 0 Å². The van der Waals surface area contributed by atoms with Crippen LogP contribution in [0.25, 0.3) is 0 Å². The molecule has 5 aliphatic rings. The van der Waals surface area contributed by atoms with Crippen molar-refractivity contribution in [2.24, 2.45) is 34.5 Å². The Morgan fingerprint density at radius 3 is 2.78 bits per heavy atom. The zero-order chi connectivity index (χ0) is 22.4. The first kappa shape index (κ1) is 20.7. The summed E-state index contributed by atoms with van der Waals surface area (Å²) in [4.78, 5) is 11.1. The molecule has 0 amide bonds. The molecule has 0 saturated heterocycles. The van der Waals surface area contributed by atoms with Crippen molar-refractivity contribution in [2.75, 3.05) is 5.32 Å². The first-order valence-electron chi connectivity index (χ1n) is 12.6. The number of rotatable bonds is 1. The third-order valence-corrected chi connectivity index (χ3v) is 10.8. The molecule has 3 saturated carbocycles. The van der Waals surface area contributed by atoms with Gasteiger partial charge < -0.3 is 10.4 Å². The number of nitrogens with one attached hydrogen (secondary N) is 1. The number of aliphatic hydroxyl groups is 1. The first-order chi connectivity index (χ1) is 15.2. The molecule has 32 heavy (non-hydrogen) atoms. The predicted molar refractivity (Wildman–Crippen MR) is 126 cm³/mol. The van der Waals surface area contributed by atoms with E-state index in [2.05, 4.69) is 32.2 Å². The highest BCUT2D eigenvalue weighted by atomic mass is 16.6. The van der Waals surface area contributed by atoms with Crippen LogP contribution in [0, 0.1) is 44.6 Å². The molecule has 0 radical (unpaired) electrons. The Morgan fingerprint density at radius 2 is 2.00 bits per heavy atom. The molecule has 5 heteroatoms. The van der Waals surface area contributed by atoms with Crippen molar-refractivity contribution in [2.45, 2.75) is 83.8 Å². The first-order valence-corrected chi connectivity index (χ1v) is 12.6. The number of allylic oxidation sites excluding steroid dienone is 1. The van der Waals surface area contributed by atoms with Crippen molar-refractivity contribution in [3.05, 3.63) is 45.5 Å². The van der Waals surface area contributed by atoms with Gasteiger partial charge in [0.1, 0.15) is 0 Å². The van der Waals surface area contributed by atoms with E-state index in [4.69, 9.17) is 0 Å². The Labute approximate surface area is 190 Å². The zero-order valence-electron chi connectivity index (χ0n) is 19.5. The standard InChI is InChI=1S/C27H36N2O3/c1-15-20-13-17(29(31)32)5-7-23(20)28-24-14-22-19-6-4-16-12-18(30)8-10-26(16,2)21(19)9-11-27(22,3)25(15)24/h4-5,7,13,15,18-19,21-22,24-25,28,30H,6,8-12,14H2,1-3H3/t15-,18+,19-,21+,22+,24-,25+,26+,27+/m1/s1. The number of anilines is 1. The van der Waals surface area contributed by atoms with E-state index >= 15 is 0 Å².